The van der Waals surface area contributed by atoms with Crippen molar-refractivity contribution in [3.63, 3.8) is 0 Å². The molecule has 35 heavy (non-hydrogen) atoms. The van der Waals surface area contributed by atoms with E-state index in [0.29, 0.717) is 23.6 Å². The highest BCUT2D eigenvalue weighted by molar-refractivity contribution is 7.92. The largest absolute Gasteiger partial charge is 0.486 e. The molecule has 0 bridgehead atoms. The molecular formula is C24H21F2N3O5S. The van der Waals surface area contributed by atoms with Crippen molar-refractivity contribution in [3.8, 4) is 11.5 Å². The van der Waals surface area contributed by atoms with Gasteiger partial charge in [0.2, 0.25) is 0 Å². The first-order valence-corrected chi connectivity index (χ1v) is 11.9. The van der Waals surface area contributed by atoms with Crippen LogP contribution in [0.4, 0.5) is 14.5 Å². The van der Waals surface area contributed by atoms with Crippen molar-refractivity contribution in [3.05, 3.63) is 83.9 Å². The summed E-state index contributed by atoms with van der Waals surface area (Å²) in [5, 5.41) is 3.97. The number of ether oxygens (including phenoxy) is 2. The number of hydrogen-bond acceptors (Lipinski definition) is 6. The van der Waals surface area contributed by atoms with Crippen molar-refractivity contribution in [2.75, 3.05) is 24.1 Å². The van der Waals surface area contributed by atoms with Crippen LogP contribution in [0.15, 0.2) is 76.7 Å². The van der Waals surface area contributed by atoms with Crippen LogP contribution in [-0.2, 0) is 14.8 Å². The second kappa shape index (κ2) is 10.1. The van der Waals surface area contributed by atoms with E-state index in [4.69, 9.17) is 9.47 Å². The van der Waals surface area contributed by atoms with E-state index in [1.54, 1.807) is 6.92 Å². The molecule has 0 saturated carbocycles. The number of carbonyl (C=O) groups excluding carboxylic acids is 1. The van der Waals surface area contributed by atoms with E-state index in [0.717, 1.165) is 16.4 Å². The lowest BCUT2D eigenvalue weighted by Gasteiger charge is -2.25. The molecule has 0 radical (unpaired) electrons. The molecule has 1 aliphatic heterocycles. The quantitative estimate of drug-likeness (QED) is 0.395. The minimum absolute atomic E-state index is 0.0793. The van der Waals surface area contributed by atoms with E-state index in [1.807, 2.05) is 0 Å². The summed E-state index contributed by atoms with van der Waals surface area (Å²) >= 11 is 0. The molecule has 1 heterocycles. The molecule has 0 fully saturated rings. The lowest BCUT2D eigenvalue weighted by atomic mass is 10.1. The van der Waals surface area contributed by atoms with Gasteiger partial charge in [0.25, 0.3) is 15.9 Å². The Morgan fingerprint density at radius 3 is 2.20 bits per heavy atom. The Kier molecular flexibility index (Phi) is 6.97. The van der Waals surface area contributed by atoms with Crippen molar-refractivity contribution < 1.29 is 31.5 Å². The van der Waals surface area contributed by atoms with Gasteiger partial charge in [-0.1, -0.05) is 12.1 Å². The van der Waals surface area contributed by atoms with Crippen LogP contribution in [0.2, 0.25) is 0 Å². The third-order valence-electron chi connectivity index (χ3n) is 5.11. The third-order valence-corrected chi connectivity index (χ3v) is 6.88. The zero-order valence-corrected chi connectivity index (χ0v) is 19.4. The van der Waals surface area contributed by atoms with Gasteiger partial charge < -0.3 is 9.47 Å². The van der Waals surface area contributed by atoms with Crippen molar-refractivity contribution in [2.24, 2.45) is 5.10 Å². The first-order chi connectivity index (χ1) is 16.7. The molecular weight excluding hydrogens is 480 g/mol. The fourth-order valence-corrected chi connectivity index (χ4v) is 4.74. The summed E-state index contributed by atoms with van der Waals surface area (Å²) in [4.78, 5) is 12.6. The molecule has 0 aliphatic carbocycles. The third kappa shape index (κ3) is 5.57. The minimum Gasteiger partial charge on any atom is -0.486 e. The molecule has 11 heteroatoms. The lowest BCUT2D eigenvalue weighted by molar-refractivity contribution is -0.119. The molecule has 1 N–H and O–H groups in total. The van der Waals surface area contributed by atoms with E-state index in [1.165, 1.54) is 54.6 Å². The number of halogens is 2. The second-order valence-corrected chi connectivity index (χ2v) is 9.39. The maximum atomic E-state index is 13.5. The highest BCUT2D eigenvalue weighted by atomic mass is 32.2. The number of nitrogens with one attached hydrogen (secondary N) is 1. The molecule has 182 valence electrons. The maximum absolute atomic E-state index is 13.5. The highest BCUT2D eigenvalue weighted by Gasteiger charge is 2.29. The van der Waals surface area contributed by atoms with E-state index >= 15 is 0 Å². The van der Waals surface area contributed by atoms with E-state index < -0.39 is 34.1 Å². The molecule has 0 saturated heterocycles. The van der Waals surface area contributed by atoms with Crippen LogP contribution < -0.4 is 19.2 Å². The molecule has 1 amide bonds. The predicted molar refractivity (Wildman–Crippen MR) is 125 cm³/mol. The summed E-state index contributed by atoms with van der Waals surface area (Å²) in [5.74, 6) is -1.04. The number of hydrogen-bond donors (Lipinski definition) is 1. The number of fused-ring (bicyclic) bond motifs is 1. The van der Waals surface area contributed by atoms with Gasteiger partial charge >= 0.3 is 0 Å². The Morgan fingerprint density at radius 2 is 1.54 bits per heavy atom. The van der Waals surface area contributed by atoms with Gasteiger partial charge in [-0.25, -0.2) is 22.6 Å². The molecule has 4 rings (SSSR count). The number of sulfonamides is 1. The Labute approximate surface area is 200 Å². The summed E-state index contributed by atoms with van der Waals surface area (Å²) < 4.78 is 65.4. The first-order valence-electron chi connectivity index (χ1n) is 10.5. The monoisotopic (exact) mass is 501 g/mol. The SMILES string of the molecule is C/C(=N/NC(=O)CN(c1ccc(F)cc1)S(=O)(=O)c1ccc2c(c1)OCCO2)c1ccc(F)cc1. The van der Waals surface area contributed by atoms with Crippen LogP contribution >= 0.6 is 0 Å². The zero-order chi connectivity index (χ0) is 25.0. The summed E-state index contributed by atoms with van der Waals surface area (Å²) in [6.07, 6.45) is 0. The zero-order valence-electron chi connectivity index (χ0n) is 18.6. The average Bonchev–Trinajstić information content (AvgIpc) is 2.86. The first kappa shape index (κ1) is 24.1. The van der Waals surface area contributed by atoms with Gasteiger partial charge in [-0.2, -0.15) is 5.10 Å². The molecule has 0 atom stereocenters. The Morgan fingerprint density at radius 1 is 0.943 bits per heavy atom. The molecule has 0 spiro atoms. The fourth-order valence-electron chi connectivity index (χ4n) is 3.30. The Bertz CT molecular complexity index is 1360. The van der Waals surface area contributed by atoms with Gasteiger partial charge in [0.1, 0.15) is 31.4 Å². The number of hydrazone groups is 1. The van der Waals surface area contributed by atoms with Gasteiger partial charge in [0.15, 0.2) is 11.5 Å². The van der Waals surface area contributed by atoms with Gasteiger partial charge in [-0.05, 0) is 61.0 Å². The molecule has 3 aromatic rings. The van der Waals surface area contributed by atoms with E-state index in [-0.39, 0.29) is 22.9 Å². The lowest BCUT2D eigenvalue weighted by Crippen LogP contribution is -2.39. The van der Waals surface area contributed by atoms with Gasteiger partial charge in [-0.3, -0.25) is 9.10 Å². The Hall–Kier alpha value is -3.99. The van der Waals surface area contributed by atoms with Crippen LogP contribution in [0.3, 0.4) is 0 Å². The van der Waals surface area contributed by atoms with E-state index in [9.17, 15) is 22.0 Å². The second-order valence-electron chi connectivity index (χ2n) is 7.53. The molecule has 3 aromatic carbocycles. The number of rotatable bonds is 7. The van der Waals surface area contributed by atoms with Crippen LogP contribution in [0.1, 0.15) is 12.5 Å². The molecule has 8 nitrogen and oxygen atoms in total. The van der Waals surface area contributed by atoms with Gasteiger partial charge in [-0.15, -0.1) is 0 Å². The Balaban J connectivity index is 1.60. The highest BCUT2D eigenvalue weighted by Crippen LogP contribution is 2.34. The summed E-state index contributed by atoms with van der Waals surface area (Å²) in [5.41, 5.74) is 3.36. The van der Waals surface area contributed by atoms with Crippen LogP contribution in [0, 0.1) is 11.6 Å². The van der Waals surface area contributed by atoms with Crippen LogP contribution in [0.5, 0.6) is 11.5 Å². The molecule has 0 aromatic heterocycles. The fraction of sp³-hybridized carbons (Fsp3) is 0.167. The summed E-state index contributed by atoms with van der Waals surface area (Å²) in [7, 11) is -4.27. The average molecular weight is 502 g/mol. The van der Waals surface area contributed by atoms with Crippen LogP contribution in [-0.4, -0.2) is 39.8 Å². The van der Waals surface area contributed by atoms with Crippen molar-refractivity contribution in [2.45, 2.75) is 11.8 Å². The summed E-state index contributed by atoms with van der Waals surface area (Å²) in [6.45, 7) is 1.59. The van der Waals surface area contributed by atoms with Crippen molar-refractivity contribution in [1.82, 2.24) is 5.43 Å². The van der Waals surface area contributed by atoms with E-state index in [2.05, 4.69) is 10.5 Å². The smallest absolute Gasteiger partial charge is 0.264 e. The number of anilines is 1. The van der Waals surface area contributed by atoms with Gasteiger partial charge in [0, 0.05) is 6.07 Å². The standard InChI is InChI=1S/C24H21F2N3O5S/c1-16(17-2-4-18(25)5-3-17)27-28-24(30)15-29(20-8-6-19(26)7-9-20)35(31,32)21-10-11-22-23(14-21)34-13-12-33-22/h2-11,14H,12-13,15H2,1H3,(H,28,30)/b27-16-. The van der Waals surface area contributed by atoms with Crippen LogP contribution in [0.25, 0.3) is 0 Å². The van der Waals surface area contributed by atoms with Gasteiger partial charge in [0.05, 0.1) is 16.3 Å². The predicted octanol–water partition coefficient (Wildman–Crippen LogP) is 3.47. The minimum atomic E-state index is -4.27. The van der Waals surface area contributed by atoms with Crippen molar-refractivity contribution in [1.29, 1.82) is 0 Å². The topological polar surface area (TPSA) is 97.3 Å². The maximum Gasteiger partial charge on any atom is 0.264 e. The number of nitrogens with zero attached hydrogens (tertiary/aromatic N) is 2. The number of carbonyl (C=O) groups is 1. The number of benzene rings is 3. The molecule has 0 unspecified atom stereocenters. The normalized spacial score (nSPS) is 13.3. The number of amides is 1. The molecule has 1 aliphatic rings. The summed E-state index contributed by atoms with van der Waals surface area (Å²) in [6, 6.07) is 14.3. The van der Waals surface area contributed by atoms with Crippen molar-refractivity contribution >= 4 is 27.3 Å².